The fraction of sp³-hybridized carbons (Fsp3) is 0.381. The summed E-state index contributed by atoms with van der Waals surface area (Å²) in [5.41, 5.74) is 1.24. The van der Waals surface area contributed by atoms with Gasteiger partial charge in [0.25, 0.3) is 0 Å². The number of piperidine rings is 1. The Labute approximate surface area is 164 Å². The van der Waals surface area contributed by atoms with Crippen molar-refractivity contribution in [2.24, 2.45) is 0 Å². The molecule has 3 N–H and O–H groups in total. The maximum absolute atomic E-state index is 12.3. The molecule has 2 amide bonds. The molecule has 0 unspecified atom stereocenters. The number of rotatable bonds is 6. The predicted molar refractivity (Wildman–Crippen MR) is 104 cm³/mol. The van der Waals surface area contributed by atoms with E-state index in [1.807, 2.05) is 18.2 Å². The van der Waals surface area contributed by atoms with E-state index in [4.69, 9.17) is 6.42 Å². The normalized spacial score (nSPS) is 15.6. The first kappa shape index (κ1) is 19.6. The van der Waals surface area contributed by atoms with Crippen molar-refractivity contribution >= 4 is 11.8 Å². The molecule has 0 bridgehead atoms. The number of carbonyl (C=O) groups is 2. The third-order valence-corrected chi connectivity index (χ3v) is 5.09. The molecule has 2 heterocycles. The zero-order valence-corrected chi connectivity index (χ0v) is 15.6. The van der Waals surface area contributed by atoms with Crippen LogP contribution < -0.4 is 5.32 Å². The number of hydrogen-bond acceptors (Lipinski definition) is 4. The number of terminal acetylenes is 1. The van der Waals surface area contributed by atoms with Crippen LogP contribution in [0.3, 0.4) is 0 Å². The largest absolute Gasteiger partial charge is 0.388 e. The van der Waals surface area contributed by atoms with Crippen LogP contribution in [0, 0.1) is 12.3 Å². The minimum atomic E-state index is -1.01. The predicted octanol–water partition coefficient (Wildman–Crippen LogP) is 0.646. The monoisotopic (exact) mass is 380 g/mol. The van der Waals surface area contributed by atoms with Gasteiger partial charge in [-0.25, -0.2) is 0 Å². The smallest absolute Gasteiger partial charge is 0.228 e. The lowest BCUT2D eigenvalue weighted by atomic mass is 9.91. The van der Waals surface area contributed by atoms with Crippen LogP contribution >= 0.6 is 0 Å². The Bertz CT molecular complexity index is 862. The van der Waals surface area contributed by atoms with Gasteiger partial charge in [-0.05, 0) is 30.5 Å². The number of aromatic amines is 1. The summed E-state index contributed by atoms with van der Waals surface area (Å²) in [4.78, 5) is 26.3. The van der Waals surface area contributed by atoms with E-state index < -0.39 is 5.60 Å². The van der Waals surface area contributed by atoms with Gasteiger partial charge >= 0.3 is 0 Å². The van der Waals surface area contributed by atoms with Crippen LogP contribution in [-0.2, 0) is 22.4 Å². The number of likely N-dealkylation sites (tertiary alicyclic amines) is 1. The highest BCUT2D eigenvalue weighted by atomic mass is 16.3. The number of amides is 2. The van der Waals surface area contributed by atoms with E-state index in [0.717, 1.165) is 11.3 Å². The second kappa shape index (κ2) is 8.72. The van der Waals surface area contributed by atoms with Gasteiger partial charge in [-0.3, -0.25) is 14.7 Å². The van der Waals surface area contributed by atoms with E-state index in [-0.39, 0.29) is 31.2 Å². The zero-order chi connectivity index (χ0) is 20.0. The molecule has 1 fully saturated rings. The minimum absolute atomic E-state index is 0.00114. The number of aromatic nitrogens is 2. The first-order valence-corrected chi connectivity index (χ1v) is 9.29. The quantitative estimate of drug-likeness (QED) is 0.641. The molecule has 1 aromatic carbocycles. The molecule has 0 atom stereocenters. The minimum Gasteiger partial charge on any atom is -0.388 e. The second-order valence-corrected chi connectivity index (χ2v) is 7.12. The molecule has 0 radical (unpaired) electrons. The Morgan fingerprint density at radius 2 is 2.00 bits per heavy atom. The summed E-state index contributed by atoms with van der Waals surface area (Å²) in [5, 5.41) is 20.2. The van der Waals surface area contributed by atoms with Crippen LogP contribution in [0.1, 0.15) is 29.7 Å². The molecule has 0 aliphatic carbocycles. The first-order chi connectivity index (χ1) is 13.5. The van der Waals surface area contributed by atoms with Gasteiger partial charge in [0.1, 0.15) is 0 Å². The lowest BCUT2D eigenvalue weighted by Gasteiger charge is -2.38. The summed E-state index contributed by atoms with van der Waals surface area (Å²) in [6.45, 7) is 1.07. The molecular formula is C21H24N4O3. The molecule has 28 heavy (non-hydrogen) atoms. The van der Waals surface area contributed by atoms with Crippen molar-refractivity contribution < 1.29 is 14.7 Å². The SMILES string of the molecule is C#Cc1ccccc1CC(=O)NCC1(O)CCN(C(=O)Cc2ccn[nH]2)CC1. The Kier molecular flexibility index (Phi) is 6.12. The number of aliphatic hydroxyl groups is 1. The van der Waals surface area contributed by atoms with Crippen molar-refractivity contribution in [1.29, 1.82) is 0 Å². The second-order valence-electron chi connectivity index (χ2n) is 7.12. The van der Waals surface area contributed by atoms with Gasteiger partial charge in [0.2, 0.25) is 11.8 Å². The Morgan fingerprint density at radius 1 is 1.25 bits per heavy atom. The highest BCUT2D eigenvalue weighted by molar-refractivity contribution is 5.79. The topological polar surface area (TPSA) is 98.3 Å². The molecule has 1 aliphatic rings. The van der Waals surface area contributed by atoms with Gasteiger partial charge < -0.3 is 15.3 Å². The summed E-state index contributed by atoms with van der Waals surface area (Å²) in [6.07, 6.45) is 8.35. The van der Waals surface area contributed by atoms with E-state index in [9.17, 15) is 14.7 Å². The van der Waals surface area contributed by atoms with Crippen molar-refractivity contribution in [2.45, 2.75) is 31.3 Å². The number of carbonyl (C=O) groups excluding carboxylic acids is 2. The van der Waals surface area contributed by atoms with Crippen LogP contribution in [0.5, 0.6) is 0 Å². The molecule has 1 aromatic heterocycles. The van der Waals surface area contributed by atoms with E-state index >= 15 is 0 Å². The van der Waals surface area contributed by atoms with Gasteiger partial charge in [0, 0.05) is 37.1 Å². The maximum Gasteiger partial charge on any atom is 0.228 e. The molecule has 0 spiro atoms. The van der Waals surface area contributed by atoms with Gasteiger partial charge in [-0.1, -0.05) is 24.1 Å². The molecule has 1 saturated heterocycles. The number of hydrogen-bond donors (Lipinski definition) is 3. The summed E-state index contributed by atoms with van der Waals surface area (Å²) >= 11 is 0. The van der Waals surface area contributed by atoms with Crippen LogP contribution in [0.25, 0.3) is 0 Å². The summed E-state index contributed by atoms with van der Waals surface area (Å²) in [7, 11) is 0. The first-order valence-electron chi connectivity index (χ1n) is 9.29. The van der Waals surface area contributed by atoms with Gasteiger partial charge in [-0.15, -0.1) is 6.42 Å². The van der Waals surface area contributed by atoms with Crippen molar-refractivity contribution in [3.63, 3.8) is 0 Å². The van der Waals surface area contributed by atoms with Crippen molar-refractivity contribution in [3.05, 3.63) is 53.3 Å². The van der Waals surface area contributed by atoms with Crippen molar-refractivity contribution in [2.75, 3.05) is 19.6 Å². The fourth-order valence-corrected chi connectivity index (χ4v) is 3.32. The lowest BCUT2D eigenvalue weighted by Crippen LogP contribution is -2.52. The summed E-state index contributed by atoms with van der Waals surface area (Å²) in [6, 6.07) is 9.07. The van der Waals surface area contributed by atoms with Crippen LogP contribution in [-0.4, -0.2) is 57.3 Å². The Balaban J connectivity index is 1.46. The van der Waals surface area contributed by atoms with Gasteiger partial charge in [-0.2, -0.15) is 5.10 Å². The van der Waals surface area contributed by atoms with Crippen LogP contribution in [0.15, 0.2) is 36.5 Å². The molecule has 1 aliphatic heterocycles. The van der Waals surface area contributed by atoms with Crippen LogP contribution in [0.4, 0.5) is 0 Å². The number of nitrogens with one attached hydrogen (secondary N) is 2. The molecule has 7 heteroatoms. The fourth-order valence-electron chi connectivity index (χ4n) is 3.32. The van der Waals surface area contributed by atoms with E-state index in [0.29, 0.717) is 31.5 Å². The third-order valence-electron chi connectivity index (χ3n) is 5.09. The van der Waals surface area contributed by atoms with Crippen molar-refractivity contribution in [1.82, 2.24) is 20.4 Å². The Morgan fingerprint density at radius 3 is 2.68 bits per heavy atom. The van der Waals surface area contributed by atoms with Crippen molar-refractivity contribution in [3.8, 4) is 12.3 Å². The summed E-state index contributed by atoms with van der Waals surface area (Å²) < 4.78 is 0. The van der Waals surface area contributed by atoms with Gasteiger partial charge in [0.15, 0.2) is 0 Å². The average molecular weight is 380 g/mol. The molecule has 3 rings (SSSR count). The molecule has 146 valence electrons. The standard InChI is InChI=1S/C21H24N4O3/c1-2-16-5-3-4-6-17(16)13-19(26)22-15-21(28)8-11-25(12-9-21)20(27)14-18-7-10-23-24-18/h1,3-7,10,28H,8-9,11-15H2,(H,22,26)(H,23,24). The zero-order valence-electron chi connectivity index (χ0n) is 15.6. The number of benzene rings is 1. The van der Waals surface area contributed by atoms with E-state index in [1.54, 1.807) is 23.2 Å². The highest BCUT2D eigenvalue weighted by Gasteiger charge is 2.34. The molecule has 7 nitrogen and oxygen atoms in total. The van der Waals surface area contributed by atoms with Crippen LogP contribution in [0.2, 0.25) is 0 Å². The Hall–Kier alpha value is -3.11. The number of H-pyrrole nitrogens is 1. The lowest BCUT2D eigenvalue weighted by molar-refractivity contribution is -0.135. The third kappa shape index (κ3) is 4.99. The van der Waals surface area contributed by atoms with E-state index in [2.05, 4.69) is 21.4 Å². The maximum atomic E-state index is 12.3. The average Bonchev–Trinajstić information content (AvgIpc) is 3.20. The highest BCUT2D eigenvalue weighted by Crippen LogP contribution is 2.22. The van der Waals surface area contributed by atoms with Gasteiger partial charge in [0.05, 0.1) is 18.4 Å². The van der Waals surface area contributed by atoms with E-state index in [1.165, 1.54) is 0 Å². The molecule has 2 aromatic rings. The number of nitrogens with zero attached hydrogens (tertiary/aromatic N) is 2. The summed E-state index contributed by atoms with van der Waals surface area (Å²) in [5.74, 6) is 2.39. The molecule has 0 saturated carbocycles. The molecular weight excluding hydrogens is 356 g/mol.